The molecule has 4 aromatic rings. The summed E-state index contributed by atoms with van der Waals surface area (Å²) in [6.07, 6.45) is 4.41. The first-order valence-electron chi connectivity index (χ1n) is 10.1. The second-order valence-corrected chi connectivity index (χ2v) is 7.24. The number of aromatic nitrogens is 2. The van der Waals surface area contributed by atoms with E-state index in [1.54, 1.807) is 35.2 Å². The van der Waals surface area contributed by atoms with Crippen LogP contribution in [0, 0.1) is 15.9 Å². The molecular formula is C25H19FN4O3. The van der Waals surface area contributed by atoms with Gasteiger partial charge in [0.25, 0.3) is 5.69 Å². The van der Waals surface area contributed by atoms with Crippen molar-refractivity contribution in [3.63, 3.8) is 0 Å². The number of benzene rings is 3. The zero-order chi connectivity index (χ0) is 23.2. The van der Waals surface area contributed by atoms with Crippen LogP contribution < -0.4 is 5.32 Å². The summed E-state index contributed by atoms with van der Waals surface area (Å²) in [4.78, 5) is 27.6. The summed E-state index contributed by atoms with van der Waals surface area (Å²) in [5, 5.41) is 13.8. The van der Waals surface area contributed by atoms with E-state index in [1.807, 2.05) is 30.3 Å². The highest BCUT2D eigenvalue weighted by Gasteiger charge is 2.15. The number of carbonyl (C=O) groups excluding carboxylic acids is 1. The van der Waals surface area contributed by atoms with E-state index in [4.69, 9.17) is 0 Å². The van der Waals surface area contributed by atoms with Gasteiger partial charge in [0, 0.05) is 23.8 Å². The molecule has 3 aromatic carbocycles. The summed E-state index contributed by atoms with van der Waals surface area (Å²) in [7, 11) is 0. The molecule has 1 N–H and O–H groups in total. The number of amides is 1. The average Bonchev–Trinajstić information content (AvgIpc) is 3.21. The number of nitro groups is 1. The van der Waals surface area contributed by atoms with E-state index in [-0.39, 0.29) is 11.5 Å². The van der Waals surface area contributed by atoms with E-state index in [2.05, 4.69) is 10.3 Å². The maximum Gasteiger partial charge on any atom is 0.270 e. The van der Waals surface area contributed by atoms with Crippen molar-refractivity contribution in [3.05, 3.63) is 118 Å². The van der Waals surface area contributed by atoms with Crippen molar-refractivity contribution < 1.29 is 14.1 Å². The van der Waals surface area contributed by atoms with E-state index < -0.39 is 10.8 Å². The molecular weight excluding hydrogens is 423 g/mol. The molecule has 0 bridgehead atoms. The van der Waals surface area contributed by atoms with E-state index in [1.165, 1.54) is 36.4 Å². The van der Waals surface area contributed by atoms with Crippen LogP contribution in [0.2, 0.25) is 0 Å². The third-order valence-electron chi connectivity index (χ3n) is 4.90. The molecule has 0 aliphatic heterocycles. The number of nitrogens with zero attached hydrogens (tertiary/aromatic N) is 3. The quantitative estimate of drug-likeness (QED) is 0.239. The van der Waals surface area contributed by atoms with Crippen molar-refractivity contribution in [2.24, 2.45) is 0 Å². The molecule has 7 nitrogen and oxygen atoms in total. The molecule has 0 radical (unpaired) electrons. The fraction of sp³-hybridized carbons (Fsp3) is 0.0400. The SMILES string of the molecule is O=C(/C=C/c1cccc([N+](=O)[O-])c1)Nc1c(-c2ccc(F)cc2)ncn1Cc1ccccc1. The standard InChI is InChI=1S/C25H19FN4O3/c26-21-12-10-20(11-13-21)24-25(29(17-27-24)16-19-5-2-1-3-6-19)28-23(31)14-9-18-7-4-8-22(15-18)30(32)33/h1-15,17H,16H2,(H,28,31)/b14-9+. The fourth-order valence-corrected chi connectivity index (χ4v) is 3.30. The highest BCUT2D eigenvalue weighted by molar-refractivity contribution is 6.03. The average molecular weight is 442 g/mol. The Balaban J connectivity index is 1.62. The van der Waals surface area contributed by atoms with Gasteiger partial charge in [-0.05, 0) is 41.5 Å². The number of hydrogen-bond acceptors (Lipinski definition) is 4. The zero-order valence-electron chi connectivity index (χ0n) is 17.4. The number of anilines is 1. The minimum Gasteiger partial charge on any atom is -0.312 e. The Labute approximate surface area is 189 Å². The van der Waals surface area contributed by atoms with E-state index in [0.29, 0.717) is 29.2 Å². The van der Waals surface area contributed by atoms with Gasteiger partial charge in [0.15, 0.2) is 0 Å². The number of non-ortho nitro benzene ring substituents is 1. The van der Waals surface area contributed by atoms with Crippen LogP contribution in [0.5, 0.6) is 0 Å². The smallest absolute Gasteiger partial charge is 0.270 e. The van der Waals surface area contributed by atoms with Gasteiger partial charge in [-0.25, -0.2) is 9.37 Å². The number of rotatable bonds is 7. The Morgan fingerprint density at radius 3 is 2.55 bits per heavy atom. The van der Waals surface area contributed by atoms with Gasteiger partial charge in [-0.15, -0.1) is 0 Å². The van der Waals surface area contributed by atoms with Gasteiger partial charge < -0.3 is 9.88 Å². The number of imidazole rings is 1. The van der Waals surface area contributed by atoms with Gasteiger partial charge >= 0.3 is 0 Å². The Kier molecular flexibility index (Phi) is 6.36. The predicted molar refractivity (Wildman–Crippen MR) is 124 cm³/mol. The van der Waals surface area contributed by atoms with Crippen LogP contribution in [0.15, 0.2) is 91.3 Å². The topological polar surface area (TPSA) is 90.1 Å². The molecule has 0 saturated heterocycles. The van der Waals surface area contributed by atoms with Crippen LogP contribution in [0.25, 0.3) is 17.3 Å². The molecule has 8 heteroatoms. The number of halogens is 1. The largest absolute Gasteiger partial charge is 0.312 e. The van der Waals surface area contributed by atoms with E-state index in [9.17, 15) is 19.3 Å². The maximum absolute atomic E-state index is 13.4. The highest BCUT2D eigenvalue weighted by Crippen LogP contribution is 2.28. The molecule has 1 aromatic heterocycles. The first kappa shape index (κ1) is 21.6. The number of nitrogens with one attached hydrogen (secondary N) is 1. The van der Waals surface area contributed by atoms with Crippen LogP contribution >= 0.6 is 0 Å². The van der Waals surface area contributed by atoms with Crippen LogP contribution in [-0.2, 0) is 11.3 Å². The molecule has 0 aliphatic rings. The van der Waals surface area contributed by atoms with Gasteiger partial charge in [-0.1, -0.05) is 42.5 Å². The first-order chi connectivity index (χ1) is 16.0. The number of carbonyl (C=O) groups is 1. The van der Waals surface area contributed by atoms with E-state index in [0.717, 1.165) is 5.56 Å². The molecule has 1 heterocycles. The van der Waals surface area contributed by atoms with E-state index >= 15 is 0 Å². The summed E-state index contributed by atoms with van der Waals surface area (Å²) in [6.45, 7) is 0.471. The van der Waals surface area contributed by atoms with Crippen LogP contribution in [-0.4, -0.2) is 20.4 Å². The molecule has 4 rings (SSSR count). The van der Waals surface area contributed by atoms with Gasteiger partial charge in [0.1, 0.15) is 17.3 Å². The lowest BCUT2D eigenvalue weighted by Crippen LogP contribution is -2.13. The Hall–Kier alpha value is -4.59. The van der Waals surface area contributed by atoms with Gasteiger partial charge in [0.2, 0.25) is 5.91 Å². The minimum atomic E-state index is -0.492. The molecule has 0 unspecified atom stereocenters. The van der Waals surface area contributed by atoms with Crippen molar-refractivity contribution in [3.8, 4) is 11.3 Å². The van der Waals surface area contributed by atoms with Crippen molar-refractivity contribution in [2.45, 2.75) is 6.54 Å². The first-order valence-corrected chi connectivity index (χ1v) is 10.1. The fourth-order valence-electron chi connectivity index (χ4n) is 3.30. The minimum absolute atomic E-state index is 0.0582. The third kappa shape index (κ3) is 5.37. The molecule has 1 amide bonds. The van der Waals surface area contributed by atoms with Crippen molar-refractivity contribution in [2.75, 3.05) is 5.32 Å². The third-order valence-corrected chi connectivity index (χ3v) is 4.90. The van der Waals surface area contributed by atoms with Gasteiger partial charge in [-0.3, -0.25) is 14.9 Å². The molecule has 164 valence electrons. The summed E-state index contributed by atoms with van der Waals surface area (Å²) in [5.41, 5.74) is 2.64. The summed E-state index contributed by atoms with van der Waals surface area (Å²) in [6, 6.07) is 21.5. The van der Waals surface area contributed by atoms with Crippen LogP contribution in [0.4, 0.5) is 15.9 Å². The summed E-state index contributed by atoms with van der Waals surface area (Å²) >= 11 is 0. The Bertz CT molecular complexity index is 1320. The molecule has 0 fully saturated rings. The predicted octanol–water partition coefficient (Wildman–Crippen LogP) is 5.30. The lowest BCUT2D eigenvalue weighted by Gasteiger charge is -2.11. The van der Waals surface area contributed by atoms with Crippen LogP contribution in [0.3, 0.4) is 0 Å². The Morgan fingerprint density at radius 1 is 1.06 bits per heavy atom. The molecule has 0 aliphatic carbocycles. The number of nitro benzene ring substituents is 1. The second kappa shape index (κ2) is 9.69. The molecule has 0 spiro atoms. The normalized spacial score (nSPS) is 10.9. The maximum atomic E-state index is 13.4. The van der Waals surface area contributed by atoms with Crippen molar-refractivity contribution >= 4 is 23.5 Å². The summed E-state index contributed by atoms with van der Waals surface area (Å²) in [5.74, 6) is -0.341. The Morgan fingerprint density at radius 2 is 1.82 bits per heavy atom. The zero-order valence-corrected chi connectivity index (χ0v) is 17.4. The second-order valence-electron chi connectivity index (χ2n) is 7.24. The lowest BCUT2D eigenvalue weighted by atomic mass is 10.1. The lowest BCUT2D eigenvalue weighted by molar-refractivity contribution is -0.384. The van der Waals surface area contributed by atoms with Crippen molar-refractivity contribution in [1.82, 2.24) is 9.55 Å². The highest BCUT2D eigenvalue weighted by atomic mass is 19.1. The monoisotopic (exact) mass is 442 g/mol. The molecule has 0 atom stereocenters. The number of hydrogen-bond donors (Lipinski definition) is 1. The van der Waals surface area contributed by atoms with Gasteiger partial charge in [-0.2, -0.15) is 0 Å². The summed E-state index contributed by atoms with van der Waals surface area (Å²) < 4.78 is 15.2. The van der Waals surface area contributed by atoms with Gasteiger partial charge in [0.05, 0.1) is 17.8 Å². The molecule has 0 saturated carbocycles. The molecule has 33 heavy (non-hydrogen) atoms. The van der Waals surface area contributed by atoms with Crippen LogP contribution in [0.1, 0.15) is 11.1 Å². The van der Waals surface area contributed by atoms with Crippen molar-refractivity contribution in [1.29, 1.82) is 0 Å².